The van der Waals surface area contributed by atoms with Crippen molar-refractivity contribution in [2.75, 3.05) is 7.11 Å². The Morgan fingerprint density at radius 1 is 1.32 bits per heavy atom. The number of aryl methyl sites for hydroxylation is 2. The van der Waals surface area contributed by atoms with Crippen molar-refractivity contribution in [2.45, 2.75) is 33.4 Å². The van der Waals surface area contributed by atoms with Crippen LogP contribution in [0.2, 0.25) is 0 Å². The standard InChI is InChI=1S/C17H22N2O3/c1-11(17(20)21-4)16(14-8-6-5-7-9-14)18-10-15-12(2)19-22-13(15)3/h5-9,11,16,18H,10H2,1-4H3/t11-,16+/m0/s1. The van der Waals surface area contributed by atoms with E-state index in [1.165, 1.54) is 7.11 Å². The minimum Gasteiger partial charge on any atom is -0.469 e. The fraction of sp³-hybridized carbons (Fsp3) is 0.412. The summed E-state index contributed by atoms with van der Waals surface area (Å²) in [5, 5.41) is 7.39. The van der Waals surface area contributed by atoms with Gasteiger partial charge < -0.3 is 14.6 Å². The van der Waals surface area contributed by atoms with Crippen molar-refractivity contribution >= 4 is 5.97 Å². The van der Waals surface area contributed by atoms with Gasteiger partial charge >= 0.3 is 5.97 Å². The first kappa shape index (κ1) is 16.2. The molecule has 0 fully saturated rings. The maximum Gasteiger partial charge on any atom is 0.310 e. The lowest BCUT2D eigenvalue weighted by Crippen LogP contribution is -2.32. The molecular weight excluding hydrogens is 280 g/mol. The number of rotatable bonds is 6. The normalized spacial score (nSPS) is 13.6. The highest BCUT2D eigenvalue weighted by atomic mass is 16.5. The SMILES string of the molecule is COC(=O)[C@@H](C)[C@@H](NCc1c(C)noc1C)c1ccccc1. The third-order valence-corrected chi connectivity index (χ3v) is 3.91. The molecule has 0 bridgehead atoms. The van der Waals surface area contributed by atoms with Crippen molar-refractivity contribution in [1.29, 1.82) is 0 Å². The van der Waals surface area contributed by atoms with Gasteiger partial charge in [-0.15, -0.1) is 0 Å². The molecule has 2 atom stereocenters. The first-order chi connectivity index (χ1) is 10.5. The van der Waals surface area contributed by atoms with Gasteiger partial charge in [0.1, 0.15) is 5.76 Å². The molecule has 22 heavy (non-hydrogen) atoms. The molecule has 0 radical (unpaired) electrons. The molecule has 1 N–H and O–H groups in total. The average molecular weight is 302 g/mol. The minimum atomic E-state index is -0.298. The van der Waals surface area contributed by atoms with Crippen molar-refractivity contribution in [1.82, 2.24) is 10.5 Å². The molecule has 0 saturated heterocycles. The molecule has 0 unspecified atom stereocenters. The van der Waals surface area contributed by atoms with Crippen molar-refractivity contribution in [2.24, 2.45) is 5.92 Å². The molecule has 118 valence electrons. The number of nitrogens with zero attached hydrogens (tertiary/aromatic N) is 1. The Morgan fingerprint density at radius 3 is 2.55 bits per heavy atom. The van der Waals surface area contributed by atoms with E-state index < -0.39 is 0 Å². The lowest BCUT2D eigenvalue weighted by Gasteiger charge is -2.24. The largest absolute Gasteiger partial charge is 0.469 e. The Bertz CT molecular complexity index is 603. The highest BCUT2D eigenvalue weighted by Gasteiger charge is 2.26. The molecule has 0 amide bonds. The van der Waals surface area contributed by atoms with Gasteiger partial charge in [-0.3, -0.25) is 4.79 Å². The third kappa shape index (κ3) is 3.54. The van der Waals surface area contributed by atoms with Crippen LogP contribution in [-0.4, -0.2) is 18.2 Å². The third-order valence-electron chi connectivity index (χ3n) is 3.91. The number of benzene rings is 1. The van der Waals surface area contributed by atoms with Crippen LogP contribution in [0.25, 0.3) is 0 Å². The van der Waals surface area contributed by atoms with Crippen LogP contribution >= 0.6 is 0 Å². The number of ether oxygens (including phenoxy) is 1. The molecule has 2 rings (SSSR count). The number of hydrogen-bond acceptors (Lipinski definition) is 5. The Kier molecular flexibility index (Phi) is 5.33. The molecule has 1 heterocycles. The second-order valence-electron chi connectivity index (χ2n) is 5.38. The monoisotopic (exact) mass is 302 g/mol. The summed E-state index contributed by atoms with van der Waals surface area (Å²) in [7, 11) is 1.41. The van der Waals surface area contributed by atoms with Gasteiger partial charge in [-0.25, -0.2) is 0 Å². The summed E-state index contributed by atoms with van der Waals surface area (Å²) in [6, 6.07) is 9.75. The van der Waals surface area contributed by atoms with Gasteiger partial charge in [-0.2, -0.15) is 0 Å². The highest BCUT2D eigenvalue weighted by molar-refractivity contribution is 5.73. The van der Waals surface area contributed by atoms with E-state index in [1.807, 2.05) is 51.1 Å². The van der Waals surface area contributed by atoms with Crippen LogP contribution in [0.5, 0.6) is 0 Å². The van der Waals surface area contributed by atoms with E-state index in [9.17, 15) is 4.79 Å². The van der Waals surface area contributed by atoms with Crippen molar-refractivity contribution < 1.29 is 14.1 Å². The Morgan fingerprint density at radius 2 is 2.00 bits per heavy atom. The van der Waals surface area contributed by atoms with E-state index in [-0.39, 0.29) is 17.9 Å². The Hall–Kier alpha value is -2.14. The predicted molar refractivity (Wildman–Crippen MR) is 83.2 cm³/mol. The predicted octanol–water partition coefficient (Wildman–Crippen LogP) is 2.93. The van der Waals surface area contributed by atoms with E-state index in [0.717, 1.165) is 22.6 Å². The molecular formula is C17H22N2O3. The smallest absolute Gasteiger partial charge is 0.310 e. The van der Waals surface area contributed by atoms with Crippen LogP contribution in [0, 0.1) is 19.8 Å². The fourth-order valence-corrected chi connectivity index (χ4v) is 2.53. The summed E-state index contributed by atoms with van der Waals surface area (Å²) in [6.07, 6.45) is 0. The van der Waals surface area contributed by atoms with E-state index in [0.29, 0.717) is 6.54 Å². The van der Waals surface area contributed by atoms with Gasteiger partial charge in [0.05, 0.1) is 18.7 Å². The second-order valence-corrected chi connectivity index (χ2v) is 5.38. The Labute approximate surface area is 130 Å². The summed E-state index contributed by atoms with van der Waals surface area (Å²) in [5.74, 6) is 0.260. The van der Waals surface area contributed by atoms with Crippen LogP contribution < -0.4 is 5.32 Å². The molecule has 1 aromatic heterocycles. The summed E-state index contributed by atoms with van der Waals surface area (Å²) in [6.45, 7) is 6.25. The number of nitrogens with one attached hydrogen (secondary N) is 1. The number of carbonyl (C=O) groups is 1. The summed E-state index contributed by atoms with van der Waals surface area (Å²) >= 11 is 0. The summed E-state index contributed by atoms with van der Waals surface area (Å²) in [4.78, 5) is 11.9. The molecule has 5 heteroatoms. The van der Waals surface area contributed by atoms with Gasteiger partial charge in [-0.05, 0) is 19.4 Å². The van der Waals surface area contributed by atoms with Crippen molar-refractivity contribution in [3.05, 3.63) is 52.9 Å². The number of aromatic nitrogens is 1. The van der Waals surface area contributed by atoms with Gasteiger partial charge in [0.25, 0.3) is 0 Å². The number of esters is 1. The second kappa shape index (κ2) is 7.22. The Balaban J connectivity index is 2.20. The minimum absolute atomic E-state index is 0.137. The van der Waals surface area contributed by atoms with Gasteiger partial charge in [0.15, 0.2) is 0 Å². The zero-order chi connectivity index (χ0) is 16.1. The number of carbonyl (C=O) groups excluding carboxylic acids is 1. The molecule has 0 spiro atoms. The fourth-order valence-electron chi connectivity index (χ4n) is 2.53. The first-order valence-electron chi connectivity index (χ1n) is 7.32. The lowest BCUT2D eigenvalue weighted by molar-refractivity contribution is -0.145. The maximum atomic E-state index is 11.9. The molecule has 0 aliphatic rings. The first-order valence-corrected chi connectivity index (χ1v) is 7.32. The van der Waals surface area contributed by atoms with Crippen molar-refractivity contribution in [3.8, 4) is 0 Å². The zero-order valence-electron chi connectivity index (χ0n) is 13.4. The summed E-state index contributed by atoms with van der Waals surface area (Å²) in [5.41, 5.74) is 2.94. The van der Waals surface area contributed by atoms with E-state index in [2.05, 4.69) is 10.5 Å². The highest BCUT2D eigenvalue weighted by Crippen LogP contribution is 2.24. The van der Waals surface area contributed by atoms with Crippen LogP contribution in [0.1, 0.15) is 35.5 Å². The zero-order valence-corrected chi connectivity index (χ0v) is 13.4. The average Bonchev–Trinajstić information content (AvgIpc) is 2.86. The lowest BCUT2D eigenvalue weighted by atomic mass is 9.94. The van der Waals surface area contributed by atoms with Gasteiger partial charge in [0.2, 0.25) is 0 Å². The molecule has 0 saturated carbocycles. The maximum absolute atomic E-state index is 11.9. The molecule has 2 aromatic rings. The van der Waals surface area contributed by atoms with Gasteiger partial charge in [0, 0.05) is 18.2 Å². The molecule has 0 aliphatic heterocycles. The van der Waals surface area contributed by atoms with Crippen LogP contribution in [0.3, 0.4) is 0 Å². The van der Waals surface area contributed by atoms with Crippen LogP contribution in [0.4, 0.5) is 0 Å². The quantitative estimate of drug-likeness (QED) is 0.831. The molecule has 5 nitrogen and oxygen atoms in total. The van der Waals surface area contributed by atoms with Crippen LogP contribution in [0.15, 0.2) is 34.9 Å². The number of methoxy groups -OCH3 is 1. The summed E-state index contributed by atoms with van der Waals surface area (Å²) < 4.78 is 10.1. The van der Waals surface area contributed by atoms with Crippen molar-refractivity contribution in [3.63, 3.8) is 0 Å². The molecule has 1 aromatic carbocycles. The number of hydrogen-bond donors (Lipinski definition) is 1. The van der Waals surface area contributed by atoms with Gasteiger partial charge in [-0.1, -0.05) is 42.4 Å². The topological polar surface area (TPSA) is 64.4 Å². The van der Waals surface area contributed by atoms with E-state index in [4.69, 9.17) is 9.26 Å². The van der Waals surface area contributed by atoms with Crippen LogP contribution in [-0.2, 0) is 16.1 Å². The molecule has 0 aliphatic carbocycles. The van der Waals surface area contributed by atoms with E-state index in [1.54, 1.807) is 0 Å². The van der Waals surface area contributed by atoms with E-state index >= 15 is 0 Å².